The fourth-order valence-electron chi connectivity index (χ4n) is 1.89. The lowest BCUT2D eigenvalue weighted by molar-refractivity contribution is 0.211. The summed E-state index contributed by atoms with van der Waals surface area (Å²) in [5.41, 5.74) is 0.615. The second-order valence-corrected chi connectivity index (χ2v) is 4.51. The molecular weight excluding hydrogens is 277 g/mol. The summed E-state index contributed by atoms with van der Waals surface area (Å²) in [7, 11) is 0. The molecular formula is C17H21F3O. The van der Waals surface area contributed by atoms with Crippen LogP contribution in [0.1, 0.15) is 37.8 Å². The van der Waals surface area contributed by atoms with Crippen LogP contribution in [0, 0.1) is 18.6 Å². The molecule has 0 heterocycles. The summed E-state index contributed by atoms with van der Waals surface area (Å²) in [6.45, 7) is 5.73. The van der Waals surface area contributed by atoms with Crippen molar-refractivity contribution < 1.29 is 17.9 Å². The highest BCUT2D eigenvalue weighted by molar-refractivity contribution is 5.26. The second-order valence-electron chi connectivity index (χ2n) is 4.51. The van der Waals surface area contributed by atoms with Gasteiger partial charge >= 0.3 is 0 Å². The van der Waals surface area contributed by atoms with E-state index >= 15 is 0 Å². The van der Waals surface area contributed by atoms with Gasteiger partial charge in [-0.2, -0.15) is 0 Å². The van der Waals surface area contributed by atoms with Crippen LogP contribution in [-0.2, 0) is 11.2 Å². The van der Waals surface area contributed by atoms with Gasteiger partial charge in [0.1, 0.15) is 17.5 Å². The molecule has 0 amide bonds. The summed E-state index contributed by atoms with van der Waals surface area (Å²) in [6.07, 6.45) is 4.64. The van der Waals surface area contributed by atoms with Crippen LogP contribution in [0.5, 0.6) is 0 Å². The zero-order valence-corrected chi connectivity index (χ0v) is 12.7. The van der Waals surface area contributed by atoms with Crippen LogP contribution in [0.2, 0.25) is 0 Å². The number of hydrogen-bond acceptors (Lipinski definition) is 1. The number of hydrogen-bond donors (Lipinski definition) is 0. The molecule has 0 fully saturated rings. The molecule has 1 aromatic carbocycles. The molecule has 0 aliphatic heterocycles. The number of benzene rings is 1. The maximum Gasteiger partial charge on any atom is 0.150 e. The van der Waals surface area contributed by atoms with Crippen LogP contribution in [0.4, 0.5) is 13.2 Å². The van der Waals surface area contributed by atoms with Gasteiger partial charge in [-0.1, -0.05) is 19.9 Å². The van der Waals surface area contributed by atoms with E-state index in [0.29, 0.717) is 25.0 Å². The predicted octanol–water partition coefficient (Wildman–Crippen LogP) is 5.39. The third-order valence-corrected chi connectivity index (χ3v) is 3.04. The van der Waals surface area contributed by atoms with Crippen LogP contribution >= 0.6 is 0 Å². The van der Waals surface area contributed by atoms with Gasteiger partial charge in [0.15, 0.2) is 5.76 Å². The van der Waals surface area contributed by atoms with Crippen molar-refractivity contribution in [2.24, 2.45) is 0 Å². The van der Waals surface area contributed by atoms with E-state index in [2.05, 4.69) is 0 Å². The molecule has 0 bridgehead atoms. The standard InChI is InChI=1S/C15H15F3O.C2H6/c1-10-13(17)8-11(9-14(10)18)4-3-7-19-15-6-2-5-12(15)16;1-2/h2,6,8-9H,3-5,7H2,1H3;1-2H3. The second kappa shape index (κ2) is 8.55. The van der Waals surface area contributed by atoms with E-state index < -0.39 is 11.6 Å². The van der Waals surface area contributed by atoms with E-state index in [9.17, 15) is 13.2 Å². The number of allylic oxidation sites excluding steroid dienone is 3. The first-order valence-corrected chi connectivity index (χ1v) is 7.20. The van der Waals surface area contributed by atoms with Gasteiger partial charge in [0, 0.05) is 12.0 Å². The molecule has 1 aliphatic rings. The van der Waals surface area contributed by atoms with Crippen molar-refractivity contribution in [3.8, 4) is 0 Å². The molecule has 0 atom stereocenters. The number of ether oxygens (including phenoxy) is 1. The highest BCUT2D eigenvalue weighted by atomic mass is 19.1. The van der Waals surface area contributed by atoms with Crippen molar-refractivity contribution in [3.05, 3.63) is 58.6 Å². The molecule has 1 aromatic rings. The average molecular weight is 298 g/mol. The maximum atomic E-state index is 13.3. The van der Waals surface area contributed by atoms with Gasteiger partial charge in [0.2, 0.25) is 0 Å². The molecule has 2 rings (SSSR count). The lowest BCUT2D eigenvalue weighted by Crippen LogP contribution is -1.98. The van der Waals surface area contributed by atoms with Crippen molar-refractivity contribution in [1.82, 2.24) is 0 Å². The molecule has 116 valence electrons. The molecule has 1 nitrogen and oxygen atoms in total. The minimum atomic E-state index is -0.539. The number of halogens is 3. The maximum absolute atomic E-state index is 13.3. The topological polar surface area (TPSA) is 9.23 Å². The molecule has 0 radical (unpaired) electrons. The molecule has 0 spiro atoms. The molecule has 0 saturated heterocycles. The first-order valence-electron chi connectivity index (χ1n) is 7.20. The Hall–Kier alpha value is -1.71. The van der Waals surface area contributed by atoms with E-state index in [0.717, 1.165) is 0 Å². The summed E-state index contributed by atoms with van der Waals surface area (Å²) >= 11 is 0. The molecule has 4 heteroatoms. The van der Waals surface area contributed by atoms with Crippen LogP contribution < -0.4 is 0 Å². The molecule has 0 saturated carbocycles. The van der Waals surface area contributed by atoms with Gasteiger partial charge in [-0.05, 0) is 43.5 Å². The summed E-state index contributed by atoms with van der Waals surface area (Å²) in [5.74, 6) is -1.08. The fourth-order valence-corrected chi connectivity index (χ4v) is 1.89. The van der Waals surface area contributed by atoms with E-state index in [1.54, 1.807) is 12.2 Å². The zero-order chi connectivity index (χ0) is 15.8. The highest BCUT2D eigenvalue weighted by Crippen LogP contribution is 2.21. The van der Waals surface area contributed by atoms with Crippen molar-refractivity contribution in [1.29, 1.82) is 0 Å². The van der Waals surface area contributed by atoms with Crippen molar-refractivity contribution in [2.75, 3.05) is 6.61 Å². The Morgan fingerprint density at radius 3 is 2.24 bits per heavy atom. The quantitative estimate of drug-likeness (QED) is 0.662. The average Bonchev–Trinajstić information content (AvgIpc) is 2.88. The first kappa shape index (κ1) is 17.3. The van der Waals surface area contributed by atoms with Gasteiger partial charge in [-0.25, -0.2) is 13.2 Å². The Kier molecular flexibility index (Phi) is 7.06. The summed E-state index contributed by atoms with van der Waals surface area (Å²) in [4.78, 5) is 0. The van der Waals surface area contributed by atoms with E-state index in [1.165, 1.54) is 19.1 Å². The normalized spacial score (nSPS) is 13.2. The van der Waals surface area contributed by atoms with E-state index in [-0.39, 0.29) is 23.6 Å². The summed E-state index contributed by atoms with van der Waals surface area (Å²) in [5, 5.41) is 0. The highest BCUT2D eigenvalue weighted by Gasteiger charge is 2.10. The van der Waals surface area contributed by atoms with Gasteiger partial charge in [0.05, 0.1) is 6.61 Å². The molecule has 0 N–H and O–H groups in total. The Balaban J connectivity index is 0.00000106. The van der Waals surface area contributed by atoms with Crippen LogP contribution in [0.25, 0.3) is 0 Å². The Morgan fingerprint density at radius 2 is 1.71 bits per heavy atom. The molecule has 21 heavy (non-hydrogen) atoms. The zero-order valence-electron chi connectivity index (χ0n) is 12.7. The summed E-state index contributed by atoms with van der Waals surface area (Å²) in [6, 6.07) is 2.65. The largest absolute Gasteiger partial charge is 0.491 e. The van der Waals surface area contributed by atoms with Crippen molar-refractivity contribution in [2.45, 2.75) is 40.0 Å². The van der Waals surface area contributed by atoms with Crippen LogP contribution in [0.3, 0.4) is 0 Å². The minimum absolute atomic E-state index is 0.0309. The molecule has 1 aliphatic carbocycles. The third-order valence-electron chi connectivity index (χ3n) is 3.04. The van der Waals surface area contributed by atoms with Gasteiger partial charge in [-0.15, -0.1) is 0 Å². The van der Waals surface area contributed by atoms with Crippen molar-refractivity contribution in [3.63, 3.8) is 0 Å². The number of rotatable bonds is 5. The molecule has 0 aromatic heterocycles. The lowest BCUT2D eigenvalue weighted by atomic mass is 10.1. The SMILES string of the molecule is CC.Cc1c(F)cc(CCCOC2=C(F)CC=C2)cc1F. The van der Waals surface area contributed by atoms with Gasteiger partial charge < -0.3 is 4.74 Å². The van der Waals surface area contributed by atoms with E-state index in [4.69, 9.17) is 4.74 Å². The Labute approximate surface area is 124 Å². The first-order chi connectivity index (χ1) is 10.1. The summed E-state index contributed by atoms with van der Waals surface area (Å²) < 4.78 is 45.0. The predicted molar refractivity (Wildman–Crippen MR) is 78.6 cm³/mol. The smallest absolute Gasteiger partial charge is 0.150 e. The Bertz CT molecular complexity index is 510. The van der Waals surface area contributed by atoms with Gasteiger partial charge in [-0.3, -0.25) is 0 Å². The third kappa shape index (κ3) is 4.96. The fraction of sp³-hybridized carbons (Fsp3) is 0.412. The van der Waals surface area contributed by atoms with Crippen LogP contribution in [-0.4, -0.2) is 6.61 Å². The van der Waals surface area contributed by atoms with Gasteiger partial charge in [0.25, 0.3) is 0 Å². The van der Waals surface area contributed by atoms with Crippen LogP contribution in [0.15, 0.2) is 35.9 Å². The molecule has 0 unspecified atom stereocenters. The minimum Gasteiger partial charge on any atom is -0.491 e. The lowest BCUT2D eigenvalue weighted by Gasteiger charge is -2.07. The monoisotopic (exact) mass is 298 g/mol. The number of aryl methyl sites for hydroxylation is 1. The van der Waals surface area contributed by atoms with Crippen molar-refractivity contribution >= 4 is 0 Å². The Morgan fingerprint density at radius 1 is 1.10 bits per heavy atom. The van der Waals surface area contributed by atoms with E-state index in [1.807, 2.05) is 13.8 Å².